The Balaban J connectivity index is 1.93. The highest BCUT2D eigenvalue weighted by atomic mass is 35.5. The second-order valence-corrected chi connectivity index (χ2v) is 5.97. The van der Waals surface area contributed by atoms with E-state index in [0.717, 1.165) is 5.56 Å². The van der Waals surface area contributed by atoms with Gasteiger partial charge in [0.2, 0.25) is 11.8 Å². The highest BCUT2D eigenvalue weighted by Gasteiger charge is 2.13. The van der Waals surface area contributed by atoms with Crippen LogP contribution in [-0.2, 0) is 16.1 Å². The highest BCUT2D eigenvalue weighted by molar-refractivity contribution is 6.31. The third kappa shape index (κ3) is 5.80. The van der Waals surface area contributed by atoms with Crippen LogP contribution in [0.3, 0.4) is 0 Å². The number of nitrogens with zero attached hydrogens (tertiary/aromatic N) is 1. The minimum absolute atomic E-state index is 0.103. The molecule has 25 heavy (non-hydrogen) atoms. The topological polar surface area (TPSA) is 58.6 Å². The summed E-state index contributed by atoms with van der Waals surface area (Å²) in [7, 11) is 1.57. The molecule has 0 aliphatic carbocycles. The molecule has 1 N–H and O–H groups in total. The van der Waals surface area contributed by atoms with E-state index in [1.54, 1.807) is 42.3 Å². The Bertz CT molecular complexity index is 749. The third-order valence-corrected chi connectivity index (χ3v) is 4.10. The van der Waals surface area contributed by atoms with Crippen molar-refractivity contribution >= 4 is 29.1 Å². The second kappa shape index (κ2) is 9.08. The Morgan fingerprint density at radius 1 is 1.16 bits per heavy atom. The molecule has 5 nitrogen and oxygen atoms in total. The minimum Gasteiger partial charge on any atom is -0.497 e. The van der Waals surface area contributed by atoms with Gasteiger partial charge in [-0.1, -0.05) is 35.9 Å². The van der Waals surface area contributed by atoms with Gasteiger partial charge in [-0.05, 0) is 23.8 Å². The summed E-state index contributed by atoms with van der Waals surface area (Å²) in [5, 5.41) is 3.41. The summed E-state index contributed by atoms with van der Waals surface area (Å²) in [6.45, 7) is 2.18. The fourth-order valence-electron chi connectivity index (χ4n) is 2.34. The van der Waals surface area contributed by atoms with Crippen LogP contribution in [-0.4, -0.2) is 30.4 Å². The van der Waals surface area contributed by atoms with Crippen molar-refractivity contribution < 1.29 is 14.3 Å². The van der Waals surface area contributed by atoms with Crippen molar-refractivity contribution in [2.75, 3.05) is 19.0 Å². The van der Waals surface area contributed by atoms with E-state index >= 15 is 0 Å². The van der Waals surface area contributed by atoms with Crippen molar-refractivity contribution in [3.63, 3.8) is 0 Å². The van der Waals surface area contributed by atoms with Gasteiger partial charge >= 0.3 is 0 Å². The number of amides is 2. The Morgan fingerprint density at radius 3 is 2.60 bits per heavy atom. The Kier molecular flexibility index (Phi) is 6.83. The number of nitrogens with one attached hydrogen (secondary N) is 1. The van der Waals surface area contributed by atoms with E-state index in [1.165, 1.54) is 6.92 Å². The van der Waals surface area contributed by atoms with Crippen LogP contribution in [0.1, 0.15) is 18.9 Å². The number of benzene rings is 2. The van der Waals surface area contributed by atoms with Crippen LogP contribution in [0.5, 0.6) is 5.75 Å². The smallest absolute Gasteiger partial charge is 0.226 e. The summed E-state index contributed by atoms with van der Waals surface area (Å²) < 4.78 is 5.13. The number of carbonyl (C=O) groups is 2. The quantitative estimate of drug-likeness (QED) is 0.818. The van der Waals surface area contributed by atoms with Crippen molar-refractivity contribution in [1.29, 1.82) is 0 Å². The molecule has 0 radical (unpaired) electrons. The molecular formula is C19H21ClN2O3. The van der Waals surface area contributed by atoms with E-state index in [2.05, 4.69) is 5.32 Å². The molecule has 2 aromatic rings. The summed E-state index contributed by atoms with van der Waals surface area (Å²) >= 11 is 6.14. The lowest BCUT2D eigenvalue weighted by Crippen LogP contribution is -2.31. The van der Waals surface area contributed by atoms with E-state index in [-0.39, 0.29) is 18.2 Å². The largest absolute Gasteiger partial charge is 0.497 e. The zero-order valence-electron chi connectivity index (χ0n) is 14.3. The molecule has 0 saturated heterocycles. The Labute approximate surface area is 152 Å². The molecule has 0 spiro atoms. The molecule has 0 heterocycles. The van der Waals surface area contributed by atoms with Gasteiger partial charge in [0.15, 0.2) is 0 Å². The first-order valence-corrected chi connectivity index (χ1v) is 8.30. The fraction of sp³-hybridized carbons (Fsp3) is 0.263. The van der Waals surface area contributed by atoms with Gasteiger partial charge in [0, 0.05) is 43.2 Å². The molecule has 0 aliphatic heterocycles. The summed E-state index contributed by atoms with van der Waals surface area (Å²) in [5.41, 5.74) is 1.51. The molecule has 0 unspecified atom stereocenters. The predicted molar refractivity (Wildman–Crippen MR) is 98.8 cm³/mol. The van der Waals surface area contributed by atoms with Crippen LogP contribution in [0.4, 0.5) is 5.69 Å². The van der Waals surface area contributed by atoms with Gasteiger partial charge in [0.1, 0.15) is 5.75 Å². The van der Waals surface area contributed by atoms with Crippen LogP contribution < -0.4 is 10.1 Å². The van der Waals surface area contributed by atoms with E-state index in [9.17, 15) is 9.59 Å². The van der Waals surface area contributed by atoms with Gasteiger partial charge in [-0.3, -0.25) is 9.59 Å². The van der Waals surface area contributed by atoms with Crippen LogP contribution in [0, 0.1) is 0 Å². The molecule has 132 valence electrons. The molecule has 0 aromatic heterocycles. The SMILES string of the molecule is COc1cccc(NC(=O)CCN(Cc2ccccc2Cl)C(C)=O)c1. The van der Waals surface area contributed by atoms with Gasteiger partial charge in [-0.15, -0.1) is 0 Å². The van der Waals surface area contributed by atoms with Crippen molar-refractivity contribution in [3.8, 4) is 5.75 Å². The first-order chi connectivity index (χ1) is 12.0. The second-order valence-electron chi connectivity index (χ2n) is 5.56. The van der Waals surface area contributed by atoms with Gasteiger partial charge in [-0.25, -0.2) is 0 Å². The van der Waals surface area contributed by atoms with E-state index in [0.29, 0.717) is 29.5 Å². The van der Waals surface area contributed by atoms with E-state index < -0.39 is 0 Å². The molecule has 0 atom stereocenters. The molecular weight excluding hydrogens is 340 g/mol. The lowest BCUT2D eigenvalue weighted by molar-refractivity contribution is -0.129. The molecule has 6 heteroatoms. The zero-order valence-corrected chi connectivity index (χ0v) is 15.0. The average molecular weight is 361 g/mol. The lowest BCUT2D eigenvalue weighted by Gasteiger charge is -2.21. The monoisotopic (exact) mass is 360 g/mol. The number of hydrogen-bond donors (Lipinski definition) is 1. The number of rotatable bonds is 7. The van der Waals surface area contributed by atoms with Gasteiger partial charge in [-0.2, -0.15) is 0 Å². The molecule has 2 aromatic carbocycles. The summed E-state index contributed by atoms with van der Waals surface area (Å²) in [6.07, 6.45) is 0.196. The van der Waals surface area contributed by atoms with Crippen LogP contribution in [0.2, 0.25) is 5.02 Å². The number of carbonyl (C=O) groups excluding carboxylic acids is 2. The Hall–Kier alpha value is -2.53. The summed E-state index contributed by atoms with van der Waals surface area (Å²) in [4.78, 5) is 25.6. The Morgan fingerprint density at radius 2 is 1.92 bits per heavy atom. The normalized spacial score (nSPS) is 10.2. The van der Waals surface area contributed by atoms with Crippen molar-refractivity contribution in [2.45, 2.75) is 19.9 Å². The maximum atomic E-state index is 12.1. The third-order valence-electron chi connectivity index (χ3n) is 3.73. The summed E-state index contributed by atoms with van der Waals surface area (Å²) in [5.74, 6) is 0.398. The van der Waals surface area contributed by atoms with E-state index in [1.807, 2.05) is 18.2 Å². The van der Waals surface area contributed by atoms with Gasteiger partial charge in [0.05, 0.1) is 7.11 Å². The predicted octanol–water partition coefficient (Wildman–Crippen LogP) is 3.73. The van der Waals surface area contributed by atoms with Gasteiger partial charge < -0.3 is 15.0 Å². The number of halogens is 1. The van der Waals surface area contributed by atoms with Crippen molar-refractivity contribution in [1.82, 2.24) is 4.90 Å². The fourth-order valence-corrected chi connectivity index (χ4v) is 2.54. The van der Waals surface area contributed by atoms with Gasteiger partial charge in [0.25, 0.3) is 0 Å². The van der Waals surface area contributed by atoms with Crippen LogP contribution >= 0.6 is 11.6 Å². The maximum absolute atomic E-state index is 12.1. The molecule has 0 bridgehead atoms. The summed E-state index contributed by atoms with van der Waals surface area (Å²) in [6, 6.07) is 14.5. The van der Waals surface area contributed by atoms with Crippen molar-refractivity contribution in [2.24, 2.45) is 0 Å². The van der Waals surface area contributed by atoms with E-state index in [4.69, 9.17) is 16.3 Å². The standard InChI is InChI=1S/C19H21ClN2O3/c1-14(23)22(13-15-6-3-4-9-18(15)20)11-10-19(24)21-16-7-5-8-17(12-16)25-2/h3-9,12H,10-11,13H2,1-2H3,(H,21,24). The first-order valence-electron chi connectivity index (χ1n) is 7.92. The maximum Gasteiger partial charge on any atom is 0.226 e. The number of methoxy groups -OCH3 is 1. The zero-order chi connectivity index (χ0) is 18.2. The number of ether oxygens (including phenoxy) is 1. The van der Waals surface area contributed by atoms with Crippen LogP contribution in [0.15, 0.2) is 48.5 Å². The number of anilines is 1. The van der Waals surface area contributed by atoms with Crippen molar-refractivity contribution in [3.05, 3.63) is 59.1 Å². The number of hydrogen-bond acceptors (Lipinski definition) is 3. The van der Waals surface area contributed by atoms with Crippen LogP contribution in [0.25, 0.3) is 0 Å². The highest BCUT2D eigenvalue weighted by Crippen LogP contribution is 2.18. The lowest BCUT2D eigenvalue weighted by atomic mass is 10.2. The molecule has 0 fully saturated rings. The first kappa shape index (κ1) is 18.8. The molecule has 2 amide bonds. The molecule has 0 aliphatic rings. The molecule has 0 saturated carbocycles. The average Bonchev–Trinajstić information content (AvgIpc) is 2.60. The minimum atomic E-state index is -0.168. The molecule has 2 rings (SSSR count).